The SMILES string of the molecule is O=C(Cc1ccccc1)Oc1ccccc1-c1ccc2ccccc2n1. The molecule has 0 aliphatic heterocycles. The van der Waals surface area contributed by atoms with Crippen LogP contribution in [-0.2, 0) is 11.2 Å². The van der Waals surface area contributed by atoms with Gasteiger partial charge in [0.25, 0.3) is 0 Å². The highest BCUT2D eigenvalue weighted by Crippen LogP contribution is 2.30. The van der Waals surface area contributed by atoms with Crippen LogP contribution in [-0.4, -0.2) is 11.0 Å². The van der Waals surface area contributed by atoms with Crippen molar-refractivity contribution in [2.75, 3.05) is 0 Å². The largest absolute Gasteiger partial charge is 0.426 e. The molecule has 4 rings (SSSR count). The summed E-state index contributed by atoms with van der Waals surface area (Å²) in [6.45, 7) is 0. The van der Waals surface area contributed by atoms with Crippen molar-refractivity contribution in [1.82, 2.24) is 4.98 Å². The van der Waals surface area contributed by atoms with Crippen LogP contribution in [0, 0.1) is 0 Å². The van der Waals surface area contributed by atoms with Crippen molar-refractivity contribution in [3.8, 4) is 17.0 Å². The lowest BCUT2D eigenvalue weighted by molar-refractivity contribution is -0.133. The van der Waals surface area contributed by atoms with E-state index >= 15 is 0 Å². The van der Waals surface area contributed by atoms with E-state index in [0.29, 0.717) is 5.75 Å². The van der Waals surface area contributed by atoms with Gasteiger partial charge in [0.15, 0.2) is 0 Å². The molecule has 0 saturated heterocycles. The van der Waals surface area contributed by atoms with E-state index in [0.717, 1.165) is 27.7 Å². The van der Waals surface area contributed by atoms with Crippen molar-refractivity contribution in [1.29, 1.82) is 0 Å². The minimum Gasteiger partial charge on any atom is -0.426 e. The lowest BCUT2D eigenvalue weighted by Gasteiger charge is -2.10. The van der Waals surface area contributed by atoms with Gasteiger partial charge in [0.1, 0.15) is 5.75 Å². The molecule has 3 heteroatoms. The third kappa shape index (κ3) is 3.47. The van der Waals surface area contributed by atoms with Crippen LogP contribution in [0.5, 0.6) is 5.75 Å². The Morgan fingerprint density at radius 2 is 1.50 bits per heavy atom. The van der Waals surface area contributed by atoms with Gasteiger partial charge in [-0.3, -0.25) is 4.79 Å². The number of carbonyl (C=O) groups excluding carboxylic acids is 1. The molecule has 3 nitrogen and oxygen atoms in total. The summed E-state index contributed by atoms with van der Waals surface area (Å²) in [6, 6.07) is 29.0. The van der Waals surface area contributed by atoms with Gasteiger partial charge in [-0.2, -0.15) is 0 Å². The number of hydrogen-bond acceptors (Lipinski definition) is 3. The fourth-order valence-corrected chi connectivity index (χ4v) is 2.90. The Labute approximate surface area is 151 Å². The second-order valence-electron chi connectivity index (χ2n) is 6.02. The minimum atomic E-state index is -0.288. The van der Waals surface area contributed by atoms with Crippen LogP contribution in [0.1, 0.15) is 5.56 Å². The second kappa shape index (κ2) is 7.19. The Balaban J connectivity index is 1.62. The molecule has 1 aromatic heterocycles. The normalized spacial score (nSPS) is 10.6. The van der Waals surface area contributed by atoms with Crippen molar-refractivity contribution in [3.63, 3.8) is 0 Å². The van der Waals surface area contributed by atoms with Gasteiger partial charge in [0.05, 0.1) is 17.6 Å². The van der Waals surface area contributed by atoms with Gasteiger partial charge in [-0.15, -0.1) is 0 Å². The zero-order valence-corrected chi connectivity index (χ0v) is 14.1. The van der Waals surface area contributed by atoms with Gasteiger partial charge in [0, 0.05) is 10.9 Å². The first-order valence-electron chi connectivity index (χ1n) is 8.49. The highest BCUT2D eigenvalue weighted by Gasteiger charge is 2.12. The Morgan fingerprint density at radius 1 is 0.769 bits per heavy atom. The molecule has 0 amide bonds. The number of ether oxygens (including phenoxy) is 1. The van der Waals surface area contributed by atoms with Gasteiger partial charge in [-0.25, -0.2) is 4.98 Å². The molecule has 0 fully saturated rings. The van der Waals surface area contributed by atoms with Gasteiger partial charge in [0.2, 0.25) is 0 Å². The molecule has 126 valence electrons. The van der Waals surface area contributed by atoms with Crippen molar-refractivity contribution < 1.29 is 9.53 Å². The molecule has 0 aliphatic carbocycles. The summed E-state index contributed by atoms with van der Waals surface area (Å²) in [5, 5.41) is 1.08. The van der Waals surface area contributed by atoms with Crippen molar-refractivity contribution in [2.45, 2.75) is 6.42 Å². The van der Waals surface area contributed by atoms with E-state index in [1.165, 1.54) is 0 Å². The number of hydrogen-bond donors (Lipinski definition) is 0. The summed E-state index contributed by atoms with van der Waals surface area (Å²) in [4.78, 5) is 17.0. The van der Waals surface area contributed by atoms with Crippen molar-refractivity contribution in [2.24, 2.45) is 0 Å². The number of fused-ring (bicyclic) bond motifs is 1. The quantitative estimate of drug-likeness (QED) is 0.386. The summed E-state index contributed by atoms with van der Waals surface area (Å²) >= 11 is 0. The number of para-hydroxylation sites is 2. The molecule has 0 aliphatic rings. The molecule has 4 aromatic rings. The number of esters is 1. The Kier molecular flexibility index (Phi) is 4.44. The molecular weight excluding hydrogens is 322 g/mol. The van der Waals surface area contributed by atoms with Crippen molar-refractivity contribution in [3.05, 3.63) is 96.6 Å². The molecular formula is C23H17NO2. The summed E-state index contributed by atoms with van der Waals surface area (Å²) in [5.74, 6) is 0.237. The molecule has 0 bridgehead atoms. The third-order valence-electron chi connectivity index (χ3n) is 4.18. The smallest absolute Gasteiger partial charge is 0.315 e. The van der Waals surface area contributed by atoms with E-state index in [2.05, 4.69) is 0 Å². The highest BCUT2D eigenvalue weighted by molar-refractivity contribution is 5.83. The Bertz CT molecular complexity index is 1060. The van der Waals surface area contributed by atoms with Crippen LogP contribution in [0.3, 0.4) is 0 Å². The monoisotopic (exact) mass is 339 g/mol. The first-order chi connectivity index (χ1) is 12.8. The highest BCUT2D eigenvalue weighted by atomic mass is 16.5. The molecule has 0 saturated carbocycles. The molecule has 0 atom stereocenters. The second-order valence-corrected chi connectivity index (χ2v) is 6.02. The van der Waals surface area contributed by atoms with Crippen LogP contribution < -0.4 is 4.74 Å². The zero-order valence-electron chi connectivity index (χ0n) is 14.1. The van der Waals surface area contributed by atoms with Gasteiger partial charge < -0.3 is 4.74 Å². The fourth-order valence-electron chi connectivity index (χ4n) is 2.90. The first-order valence-corrected chi connectivity index (χ1v) is 8.49. The predicted octanol–water partition coefficient (Wildman–Crippen LogP) is 5.05. The van der Waals surface area contributed by atoms with E-state index in [1.807, 2.05) is 84.9 Å². The maximum absolute atomic E-state index is 12.3. The number of nitrogens with zero attached hydrogens (tertiary/aromatic N) is 1. The van der Waals surface area contributed by atoms with E-state index < -0.39 is 0 Å². The summed E-state index contributed by atoms with van der Waals surface area (Å²) in [6.07, 6.45) is 0.236. The third-order valence-corrected chi connectivity index (χ3v) is 4.18. The first kappa shape index (κ1) is 16.0. The topological polar surface area (TPSA) is 39.2 Å². The molecule has 0 radical (unpaired) electrons. The average Bonchev–Trinajstić information content (AvgIpc) is 2.69. The van der Waals surface area contributed by atoms with Crippen LogP contribution >= 0.6 is 0 Å². The zero-order chi connectivity index (χ0) is 17.8. The predicted molar refractivity (Wildman–Crippen MR) is 103 cm³/mol. The minimum absolute atomic E-state index is 0.236. The Hall–Kier alpha value is -3.46. The molecule has 3 aromatic carbocycles. The number of aromatic nitrogens is 1. The van der Waals surface area contributed by atoms with E-state index in [9.17, 15) is 4.79 Å². The summed E-state index contributed by atoms with van der Waals surface area (Å²) < 4.78 is 5.64. The number of carbonyl (C=O) groups is 1. The number of benzene rings is 3. The number of rotatable bonds is 4. The maximum Gasteiger partial charge on any atom is 0.315 e. The summed E-state index contributed by atoms with van der Waals surface area (Å²) in [7, 11) is 0. The van der Waals surface area contributed by atoms with Crippen LogP contribution in [0.2, 0.25) is 0 Å². The maximum atomic E-state index is 12.3. The van der Waals surface area contributed by atoms with Gasteiger partial charge >= 0.3 is 5.97 Å². The molecule has 0 N–H and O–H groups in total. The molecule has 1 heterocycles. The number of pyridine rings is 1. The standard InChI is InChI=1S/C23H17NO2/c25-23(16-17-8-2-1-3-9-17)26-22-13-7-5-11-19(22)21-15-14-18-10-4-6-12-20(18)24-21/h1-15H,16H2. The summed E-state index contributed by atoms with van der Waals surface area (Å²) in [5.41, 5.74) is 3.43. The van der Waals surface area contributed by atoms with Crippen molar-refractivity contribution >= 4 is 16.9 Å². The van der Waals surface area contributed by atoms with Crippen LogP contribution in [0.15, 0.2) is 91.0 Å². The Morgan fingerprint density at radius 3 is 2.38 bits per heavy atom. The van der Waals surface area contributed by atoms with E-state index in [4.69, 9.17) is 9.72 Å². The lowest BCUT2D eigenvalue weighted by atomic mass is 10.1. The molecule has 0 unspecified atom stereocenters. The van der Waals surface area contributed by atoms with E-state index in [-0.39, 0.29) is 12.4 Å². The molecule has 26 heavy (non-hydrogen) atoms. The van der Waals surface area contributed by atoms with Crippen LogP contribution in [0.4, 0.5) is 0 Å². The molecule has 0 spiro atoms. The van der Waals surface area contributed by atoms with Gasteiger partial charge in [-0.05, 0) is 29.8 Å². The fraction of sp³-hybridized carbons (Fsp3) is 0.0435. The average molecular weight is 339 g/mol. The van der Waals surface area contributed by atoms with Crippen LogP contribution in [0.25, 0.3) is 22.2 Å². The van der Waals surface area contributed by atoms with Gasteiger partial charge in [-0.1, -0.05) is 66.7 Å². The van der Waals surface area contributed by atoms with E-state index in [1.54, 1.807) is 6.07 Å². The lowest BCUT2D eigenvalue weighted by Crippen LogP contribution is -2.11.